The van der Waals surface area contributed by atoms with Crippen LogP contribution in [0.15, 0.2) is 10.3 Å². The van der Waals surface area contributed by atoms with Crippen molar-refractivity contribution < 1.29 is 13.5 Å². The number of hydrogen-bond donors (Lipinski definition) is 2. The van der Waals surface area contributed by atoms with E-state index in [1.807, 2.05) is 0 Å². The van der Waals surface area contributed by atoms with E-state index >= 15 is 0 Å². The van der Waals surface area contributed by atoms with E-state index in [-0.39, 0.29) is 10.8 Å². The fourth-order valence-electron chi connectivity index (χ4n) is 1.43. The molecule has 1 aromatic heterocycles. The molecular weight excluding hydrogens is 258 g/mol. The molecule has 0 spiro atoms. The van der Waals surface area contributed by atoms with E-state index in [9.17, 15) is 8.42 Å². The van der Waals surface area contributed by atoms with Gasteiger partial charge in [0.15, 0.2) is 0 Å². The van der Waals surface area contributed by atoms with E-state index < -0.39 is 10.0 Å². The predicted octanol–water partition coefficient (Wildman–Crippen LogP) is 2.02. The Morgan fingerprint density at radius 1 is 1.41 bits per heavy atom. The molecule has 0 saturated carbocycles. The maximum Gasteiger partial charge on any atom is 0.250 e. The average molecular weight is 277 g/mol. The number of nitrogens with one attached hydrogen (secondary N) is 1. The van der Waals surface area contributed by atoms with Crippen molar-refractivity contribution in [1.29, 1.82) is 0 Å². The van der Waals surface area contributed by atoms with E-state index in [0.29, 0.717) is 11.4 Å². The maximum atomic E-state index is 11.9. The van der Waals surface area contributed by atoms with Gasteiger partial charge in [-0.1, -0.05) is 19.8 Å². The molecule has 0 unspecified atom stereocenters. The van der Waals surface area contributed by atoms with E-state index in [0.717, 1.165) is 36.2 Å². The molecule has 0 bridgehead atoms. The van der Waals surface area contributed by atoms with Crippen LogP contribution >= 0.6 is 11.3 Å². The minimum Gasteiger partial charge on any atom is -0.391 e. The molecular formula is C11H19NO3S2. The molecule has 1 aromatic rings. The molecule has 0 atom stereocenters. The molecule has 0 aromatic carbocycles. The topological polar surface area (TPSA) is 66.4 Å². The number of sulfonamides is 1. The Balaban J connectivity index is 2.69. The molecule has 0 amide bonds. The molecule has 98 valence electrons. The third-order valence-corrected chi connectivity index (χ3v) is 5.64. The highest BCUT2D eigenvalue weighted by atomic mass is 32.2. The highest BCUT2D eigenvalue weighted by Gasteiger charge is 2.17. The Morgan fingerprint density at radius 3 is 2.65 bits per heavy atom. The highest BCUT2D eigenvalue weighted by Crippen LogP contribution is 2.25. The minimum absolute atomic E-state index is 0.109. The lowest BCUT2D eigenvalue weighted by Crippen LogP contribution is -2.23. The fraction of sp³-hybridized carbons (Fsp3) is 0.636. The van der Waals surface area contributed by atoms with Crippen molar-refractivity contribution >= 4 is 21.4 Å². The van der Waals surface area contributed by atoms with Gasteiger partial charge in [-0.3, -0.25) is 0 Å². The lowest BCUT2D eigenvalue weighted by Gasteiger charge is -2.03. The molecule has 4 nitrogen and oxygen atoms in total. The van der Waals surface area contributed by atoms with Gasteiger partial charge in [0.1, 0.15) is 4.21 Å². The number of aryl methyl sites for hydroxylation is 1. The Kier molecular flexibility index (Phi) is 5.58. The van der Waals surface area contributed by atoms with Gasteiger partial charge in [-0.2, -0.15) is 0 Å². The Labute approximate surface area is 107 Å². The van der Waals surface area contributed by atoms with Crippen LogP contribution in [-0.4, -0.2) is 20.1 Å². The summed E-state index contributed by atoms with van der Waals surface area (Å²) in [6.07, 6.45) is 2.94. The lowest BCUT2D eigenvalue weighted by atomic mass is 10.3. The lowest BCUT2D eigenvalue weighted by molar-refractivity contribution is 0.285. The van der Waals surface area contributed by atoms with E-state index in [1.165, 1.54) is 0 Å². The molecule has 17 heavy (non-hydrogen) atoms. The first-order valence-electron chi connectivity index (χ1n) is 5.71. The molecule has 1 heterocycles. The Morgan fingerprint density at radius 2 is 2.12 bits per heavy atom. The van der Waals surface area contributed by atoms with Gasteiger partial charge in [0, 0.05) is 11.4 Å². The van der Waals surface area contributed by atoms with Crippen LogP contribution < -0.4 is 4.72 Å². The summed E-state index contributed by atoms with van der Waals surface area (Å²) in [7, 11) is -3.40. The highest BCUT2D eigenvalue weighted by molar-refractivity contribution is 7.91. The van der Waals surface area contributed by atoms with Crippen molar-refractivity contribution in [2.75, 3.05) is 6.54 Å². The second kappa shape index (κ2) is 6.49. The van der Waals surface area contributed by atoms with Crippen LogP contribution in [0.5, 0.6) is 0 Å². The smallest absolute Gasteiger partial charge is 0.250 e. The number of thiophene rings is 1. The zero-order chi connectivity index (χ0) is 12.9. The van der Waals surface area contributed by atoms with Crippen LogP contribution in [0.4, 0.5) is 0 Å². The summed E-state index contributed by atoms with van der Waals surface area (Å²) in [4.78, 5) is 0.707. The first-order valence-corrected chi connectivity index (χ1v) is 8.01. The standard InChI is InChI=1S/C11H19NO3S2/c1-3-4-5-6-12-17(14,15)11-7-9(2)10(8-13)16-11/h7,12-13H,3-6,8H2,1-2H3. The van der Waals surface area contributed by atoms with Crippen LogP contribution in [0.3, 0.4) is 0 Å². The summed E-state index contributed by atoms with van der Waals surface area (Å²) in [5, 5.41) is 9.04. The number of hydrogen-bond acceptors (Lipinski definition) is 4. The van der Waals surface area contributed by atoms with Crippen molar-refractivity contribution in [2.24, 2.45) is 0 Å². The number of unbranched alkanes of at least 4 members (excludes halogenated alkanes) is 2. The monoisotopic (exact) mass is 277 g/mol. The fourth-order valence-corrected chi connectivity index (χ4v) is 4.00. The second-order valence-corrected chi connectivity index (χ2v) is 7.07. The van der Waals surface area contributed by atoms with E-state index in [4.69, 9.17) is 5.11 Å². The molecule has 0 aliphatic rings. The van der Waals surface area contributed by atoms with Crippen molar-refractivity contribution in [3.63, 3.8) is 0 Å². The van der Waals surface area contributed by atoms with Gasteiger partial charge in [0.25, 0.3) is 0 Å². The van der Waals surface area contributed by atoms with Gasteiger partial charge < -0.3 is 5.11 Å². The maximum absolute atomic E-state index is 11.9. The Bertz CT molecular complexity index is 451. The summed E-state index contributed by atoms with van der Waals surface area (Å²) in [5.41, 5.74) is 0.825. The van der Waals surface area contributed by atoms with Gasteiger partial charge in [-0.15, -0.1) is 11.3 Å². The normalized spacial score (nSPS) is 11.9. The zero-order valence-electron chi connectivity index (χ0n) is 10.2. The quantitative estimate of drug-likeness (QED) is 0.749. The van der Waals surface area contributed by atoms with Crippen LogP contribution in [0.25, 0.3) is 0 Å². The summed E-state index contributed by atoms with van der Waals surface area (Å²) < 4.78 is 26.7. The Hall–Kier alpha value is -0.430. The summed E-state index contributed by atoms with van der Waals surface area (Å²) in [6.45, 7) is 4.24. The van der Waals surface area contributed by atoms with Gasteiger partial charge in [0.2, 0.25) is 10.0 Å². The van der Waals surface area contributed by atoms with Crippen LogP contribution in [-0.2, 0) is 16.6 Å². The first-order chi connectivity index (χ1) is 8.01. The van der Waals surface area contributed by atoms with E-state index in [1.54, 1.807) is 13.0 Å². The second-order valence-electron chi connectivity index (χ2n) is 3.93. The van der Waals surface area contributed by atoms with Crippen molar-refractivity contribution in [3.8, 4) is 0 Å². The van der Waals surface area contributed by atoms with Gasteiger partial charge in [-0.05, 0) is 25.0 Å². The molecule has 1 rings (SSSR count). The number of aliphatic hydroxyl groups excluding tert-OH is 1. The molecule has 0 aliphatic carbocycles. The third kappa shape index (κ3) is 4.06. The van der Waals surface area contributed by atoms with E-state index in [2.05, 4.69) is 11.6 Å². The van der Waals surface area contributed by atoms with Gasteiger partial charge in [-0.25, -0.2) is 13.1 Å². The van der Waals surface area contributed by atoms with Crippen LogP contribution in [0, 0.1) is 6.92 Å². The molecule has 0 saturated heterocycles. The zero-order valence-corrected chi connectivity index (χ0v) is 11.8. The van der Waals surface area contributed by atoms with Gasteiger partial charge >= 0.3 is 0 Å². The largest absolute Gasteiger partial charge is 0.391 e. The predicted molar refractivity (Wildman–Crippen MR) is 69.7 cm³/mol. The summed E-state index contributed by atoms with van der Waals surface area (Å²) in [5.74, 6) is 0. The third-order valence-electron chi connectivity index (χ3n) is 2.48. The molecule has 0 radical (unpaired) electrons. The minimum atomic E-state index is -3.40. The average Bonchev–Trinajstić information content (AvgIpc) is 2.67. The number of aliphatic hydroxyl groups is 1. The van der Waals surface area contributed by atoms with Crippen LogP contribution in [0.1, 0.15) is 36.6 Å². The van der Waals surface area contributed by atoms with Crippen LogP contribution in [0.2, 0.25) is 0 Å². The van der Waals surface area contributed by atoms with Crippen molar-refractivity contribution in [1.82, 2.24) is 4.72 Å². The van der Waals surface area contributed by atoms with Crippen molar-refractivity contribution in [3.05, 3.63) is 16.5 Å². The summed E-state index contributed by atoms with van der Waals surface area (Å²) >= 11 is 1.13. The van der Waals surface area contributed by atoms with Crippen molar-refractivity contribution in [2.45, 2.75) is 43.9 Å². The van der Waals surface area contributed by atoms with Gasteiger partial charge in [0.05, 0.1) is 6.61 Å². The molecule has 0 aliphatic heterocycles. The molecule has 6 heteroatoms. The first kappa shape index (κ1) is 14.6. The SMILES string of the molecule is CCCCCNS(=O)(=O)c1cc(C)c(CO)s1. The summed E-state index contributed by atoms with van der Waals surface area (Å²) in [6, 6.07) is 1.61. The molecule has 0 fully saturated rings. The molecule has 2 N–H and O–H groups in total. The number of rotatable bonds is 7.